The van der Waals surface area contributed by atoms with Gasteiger partial charge in [0.05, 0.1) is 11.1 Å². The average Bonchev–Trinajstić information content (AvgIpc) is 2.73. The second-order valence-corrected chi connectivity index (χ2v) is 4.80. The van der Waals surface area contributed by atoms with Crippen LogP contribution in [0.25, 0.3) is 0 Å². The molecule has 0 aliphatic rings. The van der Waals surface area contributed by atoms with E-state index in [4.69, 9.17) is 11.6 Å². The van der Waals surface area contributed by atoms with Gasteiger partial charge in [-0.1, -0.05) is 29.4 Å². The zero-order valence-electron chi connectivity index (χ0n) is 8.64. The van der Waals surface area contributed by atoms with Gasteiger partial charge in [-0.05, 0) is 24.6 Å². The molecule has 0 amide bonds. The number of aromatic amines is 1. The van der Waals surface area contributed by atoms with Crippen molar-refractivity contribution in [2.75, 3.05) is 0 Å². The third kappa shape index (κ3) is 2.58. The number of halogens is 1. The standard InChI is InChI=1S/C11H11ClN2OS/c1-7(15)8-2-3-10(9(12)6-8)16-11-13-4-5-14-11/h2-7,15H,1H3,(H,13,14)/t7-/m1/s1. The van der Waals surface area contributed by atoms with Crippen molar-refractivity contribution in [1.82, 2.24) is 9.97 Å². The van der Waals surface area contributed by atoms with Gasteiger partial charge in [0.1, 0.15) is 0 Å². The number of nitrogens with one attached hydrogen (secondary N) is 1. The van der Waals surface area contributed by atoms with Gasteiger partial charge in [-0.3, -0.25) is 0 Å². The van der Waals surface area contributed by atoms with Gasteiger partial charge in [-0.25, -0.2) is 4.98 Å². The van der Waals surface area contributed by atoms with Gasteiger partial charge in [0, 0.05) is 17.3 Å². The summed E-state index contributed by atoms with van der Waals surface area (Å²) in [5, 5.41) is 10.8. The molecule has 1 atom stereocenters. The number of aliphatic hydroxyl groups excluding tert-OH is 1. The molecule has 2 rings (SSSR count). The van der Waals surface area contributed by atoms with Gasteiger partial charge >= 0.3 is 0 Å². The van der Waals surface area contributed by atoms with Crippen molar-refractivity contribution in [3.63, 3.8) is 0 Å². The first-order chi connectivity index (χ1) is 7.66. The first-order valence-electron chi connectivity index (χ1n) is 4.81. The Kier molecular flexibility index (Phi) is 3.53. The second kappa shape index (κ2) is 4.91. The number of nitrogens with zero attached hydrogens (tertiary/aromatic N) is 1. The summed E-state index contributed by atoms with van der Waals surface area (Å²) in [5.41, 5.74) is 0.814. The molecule has 0 spiro atoms. The summed E-state index contributed by atoms with van der Waals surface area (Å²) >= 11 is 7.58. The Morgan fingerprint density at radius 3 is 2.88 bits per heavy atom. The van der Waals surface area contributed by atoms with E-state index in [1.54, 1.807) is 25.4 Å². The Morgan fingerprint density at radius 1 is 1.50 bits per heavy atom. The number of benzene rings is 1. The molecular formula is C11H11ClN2OS. The van der Waals surface area contributed by atoms with E-state index in [0.29, 0.717) is 5.02 Å². The van der Waals surface area contributed by atoms with Crippen molar-refractivity contribution in [1.29, 1.82) is 0 Å². The number of aliphatic hydroxyl groups is 1. The summed E-state index contributed by atoms with van der Waals surface area (Å²) in [7, 11) is 0. The minimum Gasteiger partial charge on any atom is -0.389 e. The molecule has 0 aliphatic heterocycles. The van der Waals surface area contributed by atoms with E-state index >= 15 is 0 Å². The number of hydrogen-bond acceptors (Lipinski definition) is 3. The van der Waals surface area contributed by atoms with Crippen molar-refractivity contribution in [2.45, 2.75) is 23.1 Å². The molecule has 3 nitrogen and oxygen atoms in total. The number of hydrogen-bond donors (Lipinski definition) is 2. The van der Waals surface area contributed by atoms with Crippen LogP contribution in [0.15, 0.2) is 40.6 Å². The van der Waals surface area contributed by atoms with Crippen LogP contribution in [0.5, 0.6) is 0 Å². The number of rotatable bonds is 3. The van der Waals surface area contributed by atoms with Crippen LogP contribution in [-0.2, 0) is 0 Å². The third-order valence-electron chi connectivity index (χ3n) is 2.12. The minimum absolute atomic E-state index is 0.500. The zero-order valence-corrected chi connectivity index (χ0v) is 10.2. The van der Waals surface area contributed by atoms with E-state index in [-0.39, 0.29) is 0 Å². The zero-order chi connectivity index (χ0) is 11.5. The molecule has 0 saturated carbocycles. The maximum absolute atomic E-state index is 9.41. The van der Waals surface area contributed by atoms with Gasteiger partial charge < -0.3 is 10.1 Å². The Morgan fingerprint density at radius 2 is 2.31 bits per heavy atom. The first kappa shape index (κ1) is 11.5. The van der Waals surface area contributed by atoms with Crippen LogP contribution in [0.1, 0.15) is 18.6 Å². The molecule has 0 unspecified atom stereocenters. The van der Waals surface area contributed by atoms with Gasteiger partial charge in [0.2, 0.25) is 0 Å². The molecular weight excluding hydrogens is 244 g/mol. The molecule has 1 aromatic heterocycles. The summed E-state index contributed by atoms with van der Waals surface area (Å²) in [6.07, 6.45) is 2.96. The third-order valence-corrected chi connectivity index (χ3v) is 3.54. The Labute approximate surface area is 103 Å². The predicted octanol–water partition coefficient (Wildman–Crippen LogP) is 3.27. The summed E-state index contributed by atoms with van der Waals surface area (Å²) in [5.74, 6) is 0. The lowest BCUT2D eigenvalue weighted by molar-refractivity contribution is 0.199. The predicted molar refractivity (Wildman–Crippen MR) is 64.8 cm³/mol. The van der Waals surface area contributed by atoms with Crippen molar-refractivity contribution < 1.29 is 5.11 Å². The maximum Gasteiger partial charge on any atom is 0.170 e. The van der Waals surface area contributed by atoms with E-state index in [2.05, 4.69) is 9.97 Å². The van der Waals surface area contributed by atoms with Crippen LogP contribution in [0, 0.1) is 0 Å². The normalized spacial score (nSPS) is 12.7. The van der Waals surface area contributed by atoms with E-state index in [9.17, 15) is 5.11 Å². The van der Waals surface area contributed by atoms with E-state index in [1.807, 2.05) is 12.1 Å². The Balaban J connectivity index is 2.23. The lowest BCUT2D eigenvalue weighted by Crippen LogP contribution is -1.90. The maximum atomic E-state index is 9.41. The Bertz CT molecular complexity index is 471. The molecule has 5 heteroatoms. The van der Waals surface area contributed by atoms with Crippen molar-refractivity contribution in [2.24, 2.45) is 0 Å². The molecule has 0 aliphatic carbocycles. The van der Waals surface area contributed by atoms with E-state index in [0.717, 1.165) is 15.6 Å². The fraction of sp³-hybridized carbons (Fsp3) is 0.182. The highest BCUT2D eigenvalue weighted by molar-refractivity contribution is 7.99. The summed E-state index contributed by atoms with van der Waals surface area (Å²) in [6.45, 7) is 1.71. The SMILES string of the molecule is C[C@@H](O)c1ccc(Sc2ncc[nH]2)c(Cl)c1. The monoisotopic (exact) mass is 254 g/mol. The molecule has 0 radical (unpaired) electrons. The van der Waals surface area contributed by atoms with Crippen LogP contribution in [0.4, 0.5) is 0 Å². The van der Waals surface area contributed by atoms with E-state index < -0.39 is 6.10 Å². The highest BCUT2D eigenvalue weighted by Crippen LogP contribution is 2.32. The molecule has 0 fully saturated rings. The summed E-state index contributed by atoms with van der Waals surface area (Å²) < 4.78 is 0. The second-order valence-electron chi connectivity index (χ2n) is 3.36. The van der Waals surface area contributed by atoms with Gasteiger partial charge in [-0.2, -0.15) is 0 Å². The molecule has 1 aromatic carbocycles. The Hall–Kier alpha value is -0.970. The lowest BCUT2D eigenvalue weighted by atomic mass is 10.1. The van der Waals surface area contributed by atoms with Crippen molar-refractivity contribution in [3.8, 4) is 0 Å². The molecule has 84 valence electrons. The fourth-order valence-corrected chi connectivity index (χ4v) is 2.32. The number of H-pyrrole nitrogens is 1. The first-order valence-corrected chi connectivity index (χ1v) is 6.01. The smallest absolute Gasteiger partial charge is 0.170 e. The van der Waals surface area contributed by atoms with E-state index in [1.165, 1.54) is 11.8 Å². The molecule has 0 bridgehead atoms. The van der Waals surface area contributed by atoms with Crippen LogP contribution in [0.3, 0.4) is 0 Å². The van der Waals surface area contributed by atoms with Crippen molar-refractivity contribution in [3.05, 3.63) is 41.2 Å². The van der Waals surface area contributed by atoms with Crippen LogP contribution in [-0.4, -0.2) is 15.1 Å². The minimum atomic E-state index is -0.500. The largest absolute Gasteiger partial charge is 0.389 e. The molecule has 2 aromatic rings. The van der Waals surface area contributed by atoms with Gasteiger partial charge in [0.25, 0.3) is 0 Å². The number of imidazole rings is 1. The number of aromatic nitrogens is 2. The van der Waals surface area contributed by atoms with Crippen LogP contribution < -0.4 is 0 Å². The van der Waals surface area contributed by atoms with Gasteiger partial charge in [-0.15, -0.1) is 0 Å². The lowest BCUT2D eigenvalue weighted by Gasteiger charge is -2.07. The summed E-state index contributed by atoms with van der Waals surface area (Å²) in [6, 6.07) is 5.52. The molecule has 0 saturated heterocycles. The highest BCUT2D eigenvalue weighted by Gasteiger charge is 2.07. The molecule has 16 heavy (non-hydrogen) atoms. The summed E-state index contributed by atoms with van der Waals surface area (Å²) in [4.78, 5) is 8.02. The van der Waals surface area contributed by atoms with Crippen molar-refractivity contribution >= 4 is 23.4 Å². The fourth-order valence-electron chi connectivity index (χ4n) is 1.27. The molecule has 2 N–H and O–H groups in total. The topological polar surface area (TPSA) is 48.9 Å². The molecule has 1 heterocycles. The van der Waals surface area contributed by atoms with Gasteiger partial charge in [0.15, 0.2) is 5.16 Å². The average molecular weight is 255 g/mol. The quantitative estimate of drug-likeness (QED) is 0.884. The van der Waals surface area contributed by atoms with Crippen LogP contribution in [0.2, 0.25) is 5.02 Å². The van der Waals surface area contributed by atoms with Crippen LogP contribution >= 0.6 is 23.4 Å². The highest BCUT2D eigenvalue weighted by atomic mass is 35.5.